The summed E-state index contributed by atoms with van der Waals surface area (Å²) in [6, 6.07) is 1.29. The predicted molar refractivity (Wildman–Crippen MR) is 119 cm³/mol. The fourth-order valence-corrected chi connectivity index (χ4v) is 3.78. The fraction of sp³-hybridized carbons (Fsp3) is 0.895. The van der Waals surface area contributed by atoms with Gasteiger partial charge in [0, 0.05) is 37.8 Å². The molecule has 2 fully saturated rings. The van der Waals surface area contributed by atoms with Crippen LogP contribution < -0.4 is 16.0 Å². The Kier molecular flexibility index (Phi) is 10.8. The topological polar surface area (TPSA) is 68.8 Å². The molecule has 0 aromatic rings. The Hall–Kier alpha value is -0.570. The van der Waals surface area contributed by atoms with E-state index in [1.54, 1.807) is 0 Å². The third-order valence-corrected chi connectivity index (χ3v) is 5.39. The van der Waals surface area contributed by atoms with Gasteiger partial charge < -0.3 is 16.0 Å². The van der Waals surface area contributed by atoms with Gasteiger partial charge in [-0.1, -0.05) is 26.2 Å². The van der Waals surface area contributed by atoms with Crippen molar-refractivity contribution in [3.8, 4) is 0 Å². The largest absolute Gasteiger partial charge is 0.357 e. The summed E-state index contributed by atoms with van der Waals surface area (Å²) >= 11 is 0. The third kappa shape index (κ3) is 7.58. The average molecular weight is 479 g/mol. The van der Waals surface area contributed by atoms with Crippen LogP contribution in [-0.4, -0.2) is 61.1 Å². The van der Waals surface area contributed by atoms with E-state index in [-0.39, 0.29) is 36.4 Å². The highest BCUT2D eigenvalue weighted by atomic mass is 127. The molecule has 7 heteroatoms. The van der Waals surface area contributed by atoms with Gasteiger partial charge in [-0.2, -0.15) is 0 Å². The summed E-state index contributed by atoms with van der Waals surface area (Å²) in [5.74, 6) is 1.36. The van der Waals surface area contributed by atoms with Crippen LogP contribution in [-0.2, 0) is 4.79 Å². The van der Waals surface area contributed by atoms with E-state index in [9.17, 15) is 4.79 Å². The zero-order chi connectivity index (χ0) is 18.2. The van der Waals surface area contributed by atoms with Gasteiger partial charge in [0.1, 0.15) is 6.54 Å². The summed E-state index contributed by atoms with van der Waals surface area (Å²) in [6.45, 7) is 11.9. The number of nitrogens with one attached hydrogen (secondary N) is 3. The summed E-state index contributed by atoms with van der Waals surface area (Å²) in [4.78, 5) is 19.2. The Bertz CT molecular complexity index is 451. The van der Waals surface area contributed by atoms with Crippen molar-refractivity contribution < 1.29 is 4.79 Å². The molecule has 26 heavy (non-hydrogen) atoms. The van der Waals surface area contributed by atoms with Gasteiger partial charge in [-0.3, -0.25) is 9.69 Å². The number of aliphatic imine (C=N–C) groups is 1. The van der Waals surface area contributed by atoms with E-state index in [2.05, 4.69) is 53.5 Å². The molecule has 2 rings (SSSR count). The molecule has 1 amide bonds. The first-order valence-corrected chi connectivity index (χ1v) is 10.1. The van der Waals surface area contributed by atoms with Crippen LogP contribution >= 0.6 is 24.0 Å². The third-order valence-electron chi connectivity index (χ3n) is 5.39. The molecule has 1 aliphatic carbocycles. The molecule has 0 radical (unpaired) electrons. The minimum Gasteiger partial charge on any atom is -0.357 e. The monoisotopic (exact) mass is 479 g/mol. The van der Waals surface area contributed by atoms with Crippen LogP contribution in [0.25, 0.3) is 0 Å². The van der Waals surface area contributed by atoms with Crippen molar-refractivity contribution in [1.29, 1.82) is 0 Å². The number of carbonyl (C=O) groups excluding carboxylic acids is 1. The Labute approximate surface area is 176 Å². The van der Waals surface area contributed by atoms with E-state index in [1.165, 1.54) is 19.3 Å². The van der Waals surface area contributed by atoms with Gasteiger partial charge in [0.25, 0.3) is 0 Å². The number of carbonyl (C=O) groups is 1. The summed E-state index contributed by atoms with van der Waals surface area (Å²) in [6.07, 6.45) is 5.97. The molecule has 1 heterocycles. The van der Waals surface area contributed by atoms with E-state index < -0.39 is 0 Å². The number of hydrogen-bond donors (Lipinski definition) is 3. The standard InChI is InChI=1S/C19H37N5O.HI/c1-5-20-19(23-17-13-24(14(2)3)12-15(17)4)21-11-18(25)22-16-9-7-6-8-10-16;/h14-17H,5-13H2,1-4H3,(H,22,25)(H2,20,21,23);1H. The molecule has 2 atom stereocenters. The normalized spacial score (nSPS) is 25.0. The predicted octanol–water partition coefficient (Wildman–Crippen LogP) is 2.34. The molecule has 0 aromatic heterocycles. The van der Waals surface area contributed by atoms with E-state index >= 15 is 0 Å². The average Bonchev–Trinajstić information content (AvgIpc) is 2.95. The van der Waals surface area contributed by atoms with Crippen LogP contribution in [0, 0.1) is 5.92 Å². The van der Waals surface area contributed by atoms with E-state index in [0.717, 1.165) is 38.4 Å². The van der Waals surface area contributed by atoms with Gasteiger partial charge in [-0.15, -0.1) is 24.0 Å². The van der Waals surface area contributed by atoms with Crippen LogP contribution in [0.3, 0.4) is 0 Å². The molecule has 1 saturated heterocycles. The number of amides is 1. The summed E-state index contributed by atoms with van der Waals surface area (Å²) in [5.41, 5.74) is 0. The van der Waals surface area contributed by atoms with E-state index in [1.807, 2.05) is 0 Å². The molecule has 3 N–H and O–H groups in total. The van der Waals surface area contributed by atoms with Crippen LogP contribution in [0.1, 0.15) is 59.8 Å². The number of hydrogen-bond acceptors (Lipinski definition) is 3. The van der Waals surface area contributed by atoms with Crippen molar-refractivity contribution in [2.24, 2.45) is 10.9 Å². The lowest BCUT2D eigenvalue weighted by atomic mass is 9.95. The van der Waals surface area contributed by atoms with Gasteiger partial charge in [-0.05, 0) is 39.5 Å². The quantitative estimate of drug-likeness (QED) is 0.311. The zero-order valence-electron chi connectivity index (χ0n) is 16.9. The smallest absolute Gasteiger partial charge is 0.242 e. The Morgan fingerprint density at radius 3 is 2.42 bits per heavy atom. The molecule has 152 valence electrons. The second-order valence-corrected chi connectivity index (χ2v) is 7.87. The first-order valence-electron chi connectivity index (χ1n) is 10.1. The van der Waals surface area contributed by atoms with Crippen molar-refractivity contribution in [3.63, 3.8) is 0 Å². The number of rotatable bonds is 6. The molecule has 1 aliphatic heterocycles. The molecule has 0 spiro atoms. The SMILES string of the molecule is CCNC(=NCC(=O)NC1CCCCC1)NC1CN(C(C)C)CC1C.I. The molecular weight excluding hydrogens is 441 g/mol. The zero-order valence-corrected chi connectivity index (χ0v) is 19.2. The van der Waals surface area contributed by atoms with Crippen molar-refractivity contribution in [1.82, 2.24) is 20.9 Å². The highest BCUT2D eigenvalue weighted by molar-refractivity contribution is 14.0. The first-order chi connectivity index (χ1) is 12.0. The molecule has 0 aromatic carbocycles. The minimum absolute atomic E-state index is 0. The number of nitrogens with zero attached hydrogens (tertiary/aromatic N) is 2. The minimum atomic E-state index is 0. The summed E-state index contributed by atoms with van der Waals surface area (Å²) < 4.78 is 0. The van der Waals surface area contributed by atoms with Gasteiger partial charge in [0.05, 0.1) is 0 Å². The number of likely N-dealkylation sites (tertiary alicyclic amines) is 1. The molecule has 2 unspecified atom stereocenters. The molecule has 2 aliphatic rings. The van der Waals surface area contributed by atoms with Gasteiger partial charge in [0.15, 0.2) is 5.96 Å². The lowest BCUT2D eigenvalue weighted by Gasteiger charge is -2.23. The number of guanidine groups is 1. The van der Waals surface area contributed by atoms with Crippen LogP contribution in [0.2, 0.25) is 0 Å². The maximum Gasteiger partial charge on any atom is 0.242 e. The Morgan fingerprint density at radius 2 is 1.85 bits per heavy atom. The van der Waals surface area contributed by atoms with Crippen molar-refractivity contribution >= 4 is 35.8 Å². The van der Waals surface area contributed by atoms with Crippen molar-refractivity contribution in [2.75, 3.05) is 26.2 Å². The summed E-state index contributed by atoms with van der Waals surface area (Å²) in [5, 5.41) is 9.93. The molecule has 1 saturated carbocycles. The molecule has 0 bridgehead atoms. The second-order valence-electron chi connectivity index (χ2n) is 7.87. The molecule has 6 nitrogen and oxygen atoms in total. The van der Waals surface area contributed by atoms with Gasteiger partial charge >= 0.3 is 0 Å². The molecular formula is C19H38IN5O. The van der Waals surface area contributed by atoms with Gasteiger partial charge in [-0.25, -0.2) is 4.99 Å². The van der Waals surface area contributed by atoms with Crippen molar-refractivity contribution in [2.45, 2.75) is 77.9 Å². The maximum atomic E-state index is 12.2. The lowest BCUT2D eigenvalue weighted by Crippen LogP contribution is -2.47. The summed E-state index contributed by atoms with van der Waals surface area (Å²) in [7, 11) is 0. The van der Waals surface area contributed by atoms with E-state index in [4.69, 9.17) is 0 Å². The fourth-order valence-electron chi connectivity index (χ4n) is 3.78. The highest BCUT2D eigenvalue weighted by Crippen LogP contribution is 2.19. The lowest BCUT2D eigenvalue weighted by molar-refractivity contribution is -0.120. The first kappa shape index (κ1) is 23.5. The van der Waals surface area contributed by atoms with E-state index in [0.29, 0.717) is 24.0 Å². The second kappa shape index (κ2) is 12.0. The van der Waals surface area contributed by atoms with Crippen molar-refractivity contribution in [3.05, 3.63) is 0 Å². The van der Waals surface area contributed by atoms with Crippen LogP contribution in [0.5, 0.6) is 0 Å². The maximum absolute atomic E-state index is 12.2. The number of halogens is 1. The highest BCUT2D eigenvalue weighted by Gasteiger charge is 2.31. The van der Waals surface area contributed by atoms with Gasteiger partial charge in [0.2, 0.25) is 5.91 Å². The van der Waals surface area contributed by atoms with Crippen LogP contribution in [0.4, 0.5) is 0 Å². The Morgan fingerprint density at radius 1 is 1.15 bits per heavy atom. The van der Waals surface area contributed by atoms with Crippen LogP contribution in [0.15, 0.2) is 4.99 Å². The Balaban J connectivity index is 0.00000338.